The van der Waals surface area contributed by atoms with Gasteiger partial charge in [-0.15, -0.1) is 0 Å². The van der Waals surface area contributed by atoms with Crippen LogP contribution in [0.4, 0.5) is 39.8 Å². The number of ether oxygens (including phenoxy) is 1. The first-order valence-corrected chi connectivity index (χ1v) is 9.94. The second kappa shape index (κ2) is 15.9. The second-order valence-corrected chi connectivity index (χ2v) is 7.47. The molecule has 0 aliphatic rings. The number of furan rings is 2. The van der Waals surface area contributed by atoms with Crippen molar-refractivity contribution in [2.75, 3.05) is 7.11 Å². The van der Waals surface area contributed by atoms with Gasteiger partial charge in [0.15, 0.2) is 22.8 Å². The van der Waals surface area contributed by atoms with Gasteiger partial charge in [0.05, 0.1) is 44.6 Å². The Balaban J connectivity index is -0.000000630. The molecule has 234 valence electrons. The smallest absolute Gasteiger partial charge is 0.393 e. The first kappa shape index (κ1) is 41.8. The molecule has 5 nitrogen and oxygen atoms in total. The molecule has 0 aliphatic heterocycles. The third-order valence-corrected chi connectivity index (χ3v) is 4.94. The van der Waals surface area contributed by atoms with Crippen molar-refractivity contribution >= 4 is 27.9 Å². The lowest BCUT2D eigenvalue weighted by atomic mass is 10.0. The number of methoxy groups -OCH3 is 1. The Kier molecular flexibility index (Phi) is 16.2. The van der Waals surface area contributed by atoms with E-state index in [2.05, 4.69) is 4.74 Å². The molecule has 0 radical (unpaired) electrons. The Morgan fingerprint density at radius 1 is 0.756 bits per heavy atom. The molecule has 2 aromatic carbocycles. The van der Waals surface area contributed by atoms with Crippen LogP contribution in [0.25, 0.3) is 21.9 Å². The van der Waals surface area contributed by atoms with Gasteiger partial charge in [-0.05, 0) is 23.8 Å². The fraction of sp³-hybridized carbons (Fsp3) is 0.370. The molecule has 0 saturated carbocycles. The highest BCUT2D eigenvalue weighted by Gasteiger charge is 2.32. The molecule has 0 amide bonds. The number of esters is 1. The fourth-order valence-corrected chi connectivity index (χ4v) is 3.54. The average molecular weight is 609 g/mol. The quantitative estimate of drug-likeness (QED) is 0.185. The van der Waals surface area contributed by atoms with Crippen molar-refractivity contribution in [3.63, 3.8) is 0 Å². The van der Waals surface area contributed by atoms with E-state index in [4.69, 9.17) is 13.9 Å². The summed E-state index contributed by atoms with van der Waals surface area (Å²) in [5, 5.41) is 8.82. The van der Waals surface area contributed by atoms with Gasteiger partial charge in [-0.25, -0.2) is 13.6 Å². The summed E-state index contributed by atoms with van der Waals surface area (Å²) >= 11 is 0. The molecule has 0 bridgehead atoms. The molecular weight excluding hydrogens is 575 g/mol. The molecule has 14 heteroatoms. The summed E-state index contributed by atoms with van der Waals surface area (Å²) < 4.78 is 115. The lowest BCUT2D eigenvalue weighted by Crippen LogP contribution is -2.12. The van der Waals surface area contributed by atoms with Crippen LogP contribution in [-0.2, 0) is 24.2 Å². The summed E-state index contributed by atoms with van der Waals surface area (Å²) in [6.07, 6.45) is -9.75. The molecule has 1 N–H and O–H groups in total. The van der Waals surface area contributed by atoms with Gasteiger partial charge in [0.25, 0.3) is 0 Å². The van der Waals surface area contributed by atoms with Gasteiger partial charge in [0.2, 0.25) is 0 Å². The van der Waals surface area contributed by atoms with Gasteiger partial charge in [0.1, 0.15) is 0 Å². The van der Waals surface area contributed by atoms with Crippen LogP contribution in [-0.4, -0.2) is 30.5 Å². The second-order valence-electron chi connectivity index (χ2n) is 7.47. The summed E-state index contributed by atoms with van der Waals surface area (Å²) in [6.45, 7) is -0.471. The van der Waals surface area contributed by atoms with Gasteiger partial charge in [-0.3, -0.25) is 4.70 Å². The number of carbonyl (C=O) groups excluding carboxylic acids is 1. The topological polar surface area (TPSA) is 72.8 Å². The van der Waals surface area contributed by atoms with Crippen molar-refractivity contribution in [2.24, 2.45) is 0 Å². The number of alkyl halides is 6. The standard InChI is InChI=1S/C12H8F4O3.C11H8F4O2.4CH4.FH/c1-18-11(17)7-2-3-8(13)10-9(7)6(5-19-10)4-12(14,15)16;12-8-2-1-6(4-16)9-7(3-11(13,14)15)5-17-10(8)9;;;;;/h2-3,5H,4H2,1H3;1-2,5,16H,3-4H2;4*1H4;1H. The highest BCUT2D eigenvalue weighted by Crippen LogP contribution is 2.33. The van der Waals surface area contributed by atoms with E-state index >= 15 is 0 Å². The summed E-state index contributed by atoms with van der Waals surface area (Å²) in [7, 11) is 1.08. The molecule has 2 aromatic heterocycles. The molecule has 0 aliphatic carbocycles. The maximum absolute atomic E-state index is 13.5. The number of halogens is 9. The zero-order valence-electron chi connectivity index (χ0n) is 18.6. The number of hydrogen-bond donors (Lipinski definition) is 1. The largest absolute Gasteiger partial charge is 0.465 e. The van der Waals surface area contributed by atoms with Crippen molar-refractivity contribution in [1.82, 2.24) is 0 Å². The van der Waals surface area contributed by atoms with Crippen molar-refractivity contribution in [1.29, 1.82) is 0 Å². The van der Waals surface area contributed by atoms with E-state index in [0.717, 1.165) is 37.8 Å². The van der Waals surface area contributed by atoms with Crippen LogP contribution in [0.5, 0.6) is 0 Å². The van der Waals surface area contributed by atoms with Crippen LogP contribution in [0.1, 0.15) is 56.8 Å². The summed E-state index contributed by atoms with van der Waals surface area (Å²) in [5.74, 6) is -2.43. The van der Waals surface area contributed by atoms with Crippen LogP contribution in [0.2, 0.25) is 0 Å². The lowest BCUT2D eigenvalue weighted by molar-refractivity contribution is -0.128. The molecule has 4 rings (SSSR count). The van der Waals surface area contributed by atoms with E-state index in [1.165, 1.54) is 6.07 Å². The van der Waals surface area contributed by atoms with Gasteiger partial charge in [-0.1, -0.05) is 35.8 Å². The van der Waals surface area contributed by atoms with Gasteiger partial charge >= 0.3 is 18.3 Å². The number of rotatable bonds is 4. The van der Waals surface area contributed by atoms with Crippen LogP contribution >= 0.6 is 0 Å². The van der Waals surface area contributed by atoms with Gasteiger partial charge in [0, 0.05) is 21.9 Å². The molecule has 0 atom stereocenters. The predicted octanol–water partition coefficient (Wildman–Crippen LogP) is 9.33. The van der Waals surface area contributed by atoms with Crippen molar-refractivity contribution < 1.29 is 63.3 Å². The van der Waals surface area contributed by atoms with Crippen molar-refractivity contribution in [3.05, 3.63) is 70.7 Å². The first-order valence-electron chi connectivity index (χ1n) is 9.94. The molecule has 2 heterocycles. The minimum Gasteiger partial charge on any atom is -0.465 e. The zero-order chi connectivity index (χ0) is 26.8. The minimum absolute atomic E-state index is 0. The van der Waals surface area contributed by atoms with Gasteiger partial charge in [-0.2, -0.15) is 26.3 Å². The van der Waals surface area contributed by atoms with Crippen LogP contribution in [0.3, 0.4) is 0 Å². The number of aliphatic hydroxyl groups excluding tert-OH is 1. The summed E-state index contributed by atoms with van der Waals surface area (Å²) in [5.41, 5.74) is -1.06. The third-order valence-electron chi connectivity index (χ3n) is 4.94. The van der Waals surface area contributed by atoms with Crippen LogP contribution in [0.15, 0.2) is 45.6 Å². The van der Waals surface area contributed by atoms with E-state index in [-0.39, 0.29) is 78.6 Å². The number of hydrogen-bond acceptors (Lipinski definition) is 5. The Morgan fingerprint density at radius 3 is 1.59 bits per heavy atom. The van der Waals surface area contributed by atoms with Gasteiger partial charge < -0.3 is 18.7 Å². The molecule has 4 aromatic rings. The first-order chi connectivity index (χ1) is 16.8. The number of fused-ring (bicyclic) bond motifs is 2. The highest BCUT2D eigenvalue weighted by atomic mass is 19.4. The van der Waals surface area contributed by atoms with Crippen LogP contribution in [0, 0.1) is 11.6 Å². The highest BCUT2D eigenvalue weighted by molar-refractivity contribution is 6.04. The van der Waals surface area contributed by atoms with E-state index < -0.39 is 49.4 Å². The van der Waals surface area contributed by atoms with Crippen molar-refractivity contribution in [3.8, 4) is 0 Å². The average Bonchev–Trinajstić information content (AvgIpc) is 3.38. The van der Waals surface area contributed by atoms with Crippen LogP contribution < -0.4 is 0 Å². The van der Waals surface area contributed by atoms with E-state index in [1.54, 1.807) is 0 Å². The number of aliphatic hydroxyl groups is 1. The summed E-state index contributed by atoms with van der Waals surface area (Å²) in [4.78, 5) is 11.5. The number of carbonyl (C=O) groups is 1. The Hall–Kier alpha value is -3.68. The molecule has 0 fully saturated rings. The van der Waals surface area contributed by atoms with Crippen molar-refractivity contribution in [2.45, 2.75) is 61.5 Å². The normalized spacial score (nSPS) is 10.6. The molecule has 41 heavy (non-hydrogen) atoms. The monoisotopic (exact) mass is 608 g/mol. The fourth-order valence-electron chi connectivity index (χ4n) is 3.54. The van der Waals surface area contributed by atoms with E-state index in [0.29, 0.717) is 0 Å². The predicted molar refractivity (Wildman–Crippen MR) is 139 cm³/mol. The Morgan fingerprint density at radius 2 is 1.17 bits per heavy atom. The Bertz CT molecular complexity index is 1390. The van der Waals surface area contributed by atoms with E-state index in [1.807, 2.05) is 0 Å². The molecular formula is C27H33F9O5. The number of benzene rings is 2. The maximum atomic E-state index is 13.5. The minimum atomic E-state index is -4.49. The molecule has 0 saturated heterocycles. The summed E-state index contributed by atoms with van der Waals surface area (Å²) in [6, 6.07) is 4.30. The lowest BCUT2D eigenvalue weighted by Gasteiger charge is -2.06. The SMILES string of the molecule is C.C.C.C.COC(=O)c1ccc(F)c2occ(CC(F)(F)F)c12.F.OCc1ccc(F)c2occ(CC(F)(F)F)c12. The maximum Gasteiger partial charge on any atom is 0.393 e. The molecule has 0 unspecified atom stereocenters. The van der Waals surface area contributed by atoms with E-state index in [9.17, 15) is 39.9 Å². The zero-order valence-corrected chi connectivity index (χ0v) is 18.6. The molecule has 0 spiro atoms. The Labute approximate surface area is 231 Å². The third kappa shape index (κ3) is 9.73.